The van der Waals surface area contributed by atoms with Crippen LogP contribution < -0.4 is 0 Å². The molecule has 0 saturated carbocycles. The van der Waals surface area contributed by atoms with Gasteiger partial charge in [0.25, 0.3) is 0 Å². The summed E-state index contributed by atoms with van der Waals surface area (Å²) in [6.45, 7) is 2.34. The second kappa shape index (κ2) is 8.12. The predicted octanol–water partition coefficient (Wildman–Crippen LogP) is 2.67. The predicted molar refractivity (Wildman–Crippen MR) is 102 cm³/mol. The SMILES string of the molecule is O=C(Cc1cccnc1)N1CCC(c2nccn2Cc2cccnc2)CC1. The van der Waals surface area contributed by atoms with Crippen LogP contribution in [0, 0.1) is 0 Å². The van der Waals surface area contributed by atoms with Crippen molar-refractivity contribution in [2.45, 2.75) is 31.7 Å². The van der Waals surface area contributed by atoms with Gasteiger partial charge < -0.3 is 9.47 Å². The van der Waals surface area contributed by atoms with Gasteiger partial charge in [0.05, 0.1) is 13.0 Å². The lowest BCUT2D eigenvalue weighted by Crippen LogP contribution is -2.39. The van der Waals surface area contributed by atoms with Crippen molar-refractivity contribution in [3.63, 3.8) is 0 Å². The van der Waals surface area contributed by atoms with Gasteiger partial charge in [0, 0.05) is 56.2 Å². The Labute approximate surface area is 158 Å². The molecule has 4 heterocycles. The average molecular weight is 361 g/mol. The molecule has 0 radical (unpaired) electrons. The molecule has 1 aliphatic heterocycles. The van der Waals surface area contributed by atoms with E-state index in [-0.39, 0.29) is 5.91 Å². The molecule has 1 fully saturated rings. The number of piperidine rings is 1. The number of carbonyl (C=O) groups is 1. The number of pyridine rings is 2. The van der Waals surface area contributed by atoms with E-state index < -0.39 is 0 Å². The molecule has 4 rings (SSSR count). The number of hydrogen-bond acceptors (Lipinski definition) is 4. The first-order valence-corrected chi connectivity index (χ1v) is 9.36. The molecular formula is C21H23N5O. The molecule has 0 spiro atoms. The van der Waals surface area contributed by atoms with Crippen LogP contribution in [0.2, 0.25) is 0 Å². The van der Waals surface area contributed by atoms with Crippen LogP contribution in [0.5, 0.6) is 0 Å². The minimum Gasteiger partial charge on any atom is -0.342 e. The van der Waals surface area contributed by atoms with Crippen LogP contribution in [0.25, 0.3) is 0 Å². The van der Waals surface area contributed by atoms with Crippen molar-refractivity contribution in [1.82, 2.24) is 24.4 Å². The molecule has 0 N–H and O–H groups in total. The first kappa shape index (κ1) is 17.4. The van der Waals surface area contributed by atoms with Crippen molar-refractivity contribution >= 4 is 5.91 Å². The highest BCUT2D eigenvalue weighted by Crippen LogP contribution is 2.27. The highest BCUT2D eigenvalue weighted by Gasteiger charge is 2.26. The van der Waals surface area contributed by atoms with Crippen LogP contribution in [0.1, 0.15) is 35.7 Å². The molecule has 0 unspecified atom stereocenters. The normalized spacial score (nSPS) is 15.0. The number of hydrogen-bond donors (Lipinski definition) is 0. The summed E-state index contributed by atoms with van der Waals surface area (Å²) in [4.78, 5) is 27.4. The van der Waals surface area contributed by atoms with E-state index in [9.17, 15) is 4.79 Å². The van der Waals surface area contributed by atoms with Crippen molar-refractivity contribution in [2.75, 3.05) is 13.1 Å². The number of nitrogens with zero attached hydrogens (tertiary/aromatic N) is 5. The summed E-state index contributed by atoms with van der Waals surface area (Å²) >= 11 is 0. The Balaban J connectivity index is 1.36. The number of imidazole rings is 1. The summed E-state index contributed by atoms with van der Waals surface area (Å²) in [5.41, 5.74) is 2.14. The molecule has 3 aromatic heterocycles. The number of carbonyl (C=O) groups excluding carboxylic acids is 1. The van der Waals surface area contributed by atoms with E-state index in [1.54, 1.807) is 18.6 Å². The zero-order valence-electron chi connectivity index (χ0n) is 15.2. The molecule has 0 aliphatic carbocycles. The quantitative estimate of drug-likeness (QED) is 0.701. The third-order valence-electron chi connectivity index (χ3n) is 5.11. The fourth-order valence-electron chi connectivity index (χ4n) is 3.68. The van der Waals surface area contributed by atoms with Gasteiger partial charge in [-0.3, -0.25) is 14.8 Å². The zero-order chi connectivity index (χ0) is 18.5. The molecule has 6 nitrogen and oxygen atoms in total. The Hall–Kier alpha value is -3.02. The van der Waals surface area contributed by atoms with Gasteiger partial charge in [0.1, 0.15) is 5.82 Å². The molecule has 27 heavy (non-hydrogen) atoms. The monoisotopic (exact) mass is 361 g/mol. The van der Waals surface area contributed by atoms with E-state index in [1.807, 2.05) is 41.7 Å². The molecule has 0 bridgehead atoms. The summed E-state index contributed by atoms with van der Waals surface area (Å²) in [5.74, 6) is 1.68. The smallest absolute Gasteiger partial charge is 0.227 e. The lowest BCUT2D eigenvalue weighted by atomic mass is 9.95. The van der Waals surface area contributed by atoms with Crippen LogP contribution in [-0.2, 0) is 17.8 Å². The Bertz CT molecular complexity index is 870. The third-order valence-corrected chi connectivity index (χ3v) is 5.11. The standard InChI is InChI=1S/C21H23N5O/c27-20(13-17-3-1-7-22-14-17)25-10-5-19(6-11-25)21-24-9-12-26(21)16-18-4-2-8-23-15-18/h1-4,7-9,12,14-15,19H,5-6,10-11,13,16H2. The van der Waals surface area contributed by atoms with Crippen molar-refractivity contribution in [3.8, 4) is 0 Å². The van der Waals surface area contributed by atoms with Gasteiger partial charge >= 0.3 is 0 Å². The minimum atomic E-state index is 0.181. The lowest BCUT2D eigenvalue weighted by molar-refractivity contribution is -0.131. The molecule has 1 amide bonds. The topological polar surface area (TPSA) is 63.9 Å². The largest absolute Gasteiger partial charge is 0.342 e. The first-order chi connectivity index (χ1) is 13.3. The lowest BCUT2D eigenvalue weighted by Gasteiger charge is -2.32. The van der Waals surface area contributed by atoms with Gasteiger partial charge in [-0.2, -0.15) is 0 Å². The van der Waals surface area contributed by atoms with Gasteiger partial charge in [0.15, 0.2) is 0 Å². The minimum absolute atomic E-state index is 0.181. The molecule has 3 aromatic rings. The highest BCUT2D eigenvalue weighted by atomic mass is 16.2. The molecule has 138 valence electrons. The van der Waals surface area contributed by atoms with Crippen LogP contribution in [0.4, 0.5) is 0 Å². The van der Waals surface area contributed by atoms with Gasteiger partial charge in [-0.1, -0.05) is 12.1 Å². The van der Waals surface area contributed by atoms with E-state index in [4.69, 9.17) is 0 Å². The number of rotatable bonds is 5. The van der Waals surface area contributed by atoms with E-state index in [0.29, 0.717) is 12.3 Å². The Kier molecular flexibility index (Phi) is 5.23. The van der Waals surface area contributed by atoms with E-state index in [1.165, 1.54) is 5.56 Å². The van der Waals surface area contributed by atoms with Gasteiger partial charge in [-0.15, -0.1) is 0 Å². The summed E-state index contributed by atoms with van der Waals surface area (Å²) in [6.07, 6.45) is 13.4. The van der Waals surface area contributed by atoms with Crippen molar-refractivity contribution in [2.24, 2.45) is 0 Å². The summed E-state index contributed by atoms with van der Waals surface area (Å²) in [7, 11) is 0. The van der Waals surface area contributed by atoms with Crippen molar-refractivity contribution < 1.29 is 4.79 Å². The molecule has 6 heteroatoms. The van der Waals surface area contributed by atoms with E-state index >= 15 is 0 Å². The zero-order valence-corrected chi connectivity index (χ0v) is 15.2. The van der Waals surface area contributed by atoms with E-state index in [0.717, 1.165) is 43.9 Å². The Morgan fingerprint density at radius 2 is 1.70 bits per heavy atom. The maximum absolute atomic E-state index is 12.5. The second-order valence-corrected chi connectivity index (χ2v) is 6.97. The van der Waals surface area contributed by atoms with Gasteiger partial charge in [-0.05, 0) is 36.1 Å². The number of amides is 1. The molecular weight excluding hydrogens is 338 g/mol. The highest BCUT2D eigenvalue weighted by molar-refractivity contribution is 5.78. The maximum Gasteiger partial charge on any atom is 0.227 e. The molecule has 1 aliphatic rings. The second-order valence-electron chi connectivity index (χ2n) is 6.97. The third kappa shape index (κ3) is 4.22. The summed E-state index contributed by atoms with van der Waals surface area (Å²) in [5, 5.41) is 0. The molecule has 0 atom stereocenters. The number of likely N-dealkylation sites (tertiary alicyclic amines) is 1. The fraction of sp³-hybridized carbons (Fsp3) is 0.333. The van der Waals surface area contributed by atoms with Crippen LogP contribution in [0.3, 0.4) is 0 Å². The van der Waals surface area contributed by atoms with Crippen LogP contribution >= 0.6 is 0 Å². The Morgan fingerprint density at radius 1 is 1.00 bits per heavy atom. The van der Waals surface area contributed by atoms with Gasteiger partial charge in [-0.25, -0.2) is 4.98 Å². The maximum atomic E-state index is 12.5. The van der Waals surface area contributed by atoms with Gasteiger partial charge in [0.2, 0.25) is 5.91 Å². The molecule has 1 saturated heterocycles. The van der Waals surface area contributed by atoms with Crippen LogP contribution in [0.15, 0.2) is 61.4 Å². The number of aromatic nitrogens is 4. The van der Waals surface area contributed by atoms with Crippen LogP contribution in [-0.4, -0.2) is 43.4 Å². The fourth-order valence-corrected chi connectivity index (χ4v) is 3.68. The van der Waals surface area contributed by atoms with Crippen molar-refractivity contribution in [1.29, 1.82) is 0 Å². The first-order valence-electron chi connectivity index (χ1n) is 9.36. The molecule has 0 aromatic carbocycles. The Morgan fingerprint density at radius 3 is 2.37 bits per heavy atom. The average Bonchev–Trinajstić information content (AvgIpc) is 3.18. The van der Waals surface area contributed by atoms with Crippen molar-refractivity contribution in [3.05, 3.63) is 78.4 Å². The summed E-state index contributed by atoms with van der Waals surface area (Å²) < 4.78 is 2.20. The summed E-state index contributed by atoms with van der Waals surface area (Å²) in [6, 6.07) is 7.86. The van der Waals surface area contributed by atoms with E-state index in [2.05, 4.69) is 25.6 Å².